The molecule has 1 nitrogen and oxygen atoms in total. The van der Waals surface area contributed by atoms with Crippen LogP contribution in [-0.4, -0.2) is 0 Å². The largest absolute Gasteiger partial charge is 0.429 e. The molecule has 0 atom stereocenters. The zero-order valence-electron chi connectivity index (χ0n) is 22.9. The number of aryl methyl sites for hydroxylation is 1. The van der Waals surface area contributed by atoms with Crippen LogP contribution >= 0.6 is 0 Å². The van der Waals surface area contributed by atoms with E-state index in [1.165, 1.54) is 12.1 Å². The first kappa shape index (κ1) is 32.5. The molecule has 0 N–H and O–H groups in total. The van der Waals surface area contributed by atoms with Gasteiger partial charge >= 0.3 is 12.3 Å². The Hall–Kier alpha value is -4.46. The maximum absolute atomic E-state index is 14.7. The fourth-order valence-electron chi connectivity index (χ4n) is 4.36. The average Bonchev–Trinajstić information content (AvgIpc) is 2.91. The van der Waals surface area contributed by atoms with Crippen molar-refractivity contribution >= 4 is 0 Å². The van der Waals surface area contributed by atoms with Crippen molar-refractivity contribution in [2.24, 2.45) is 0 Å². The fourth-order valence-corrected chi connectivity index (χ4v) is 4.36. The van der Waals surface area contributed by atoms with Crippen molar-refractivity contribution in [3.05, 3.63) is 124 Å². The second kappa shape index (κ2) is 13.0. The van der Waals surface area contributed by atoms with E-state index in [1.807, 2.05) is 6.92 Å². The molecule has 4 aromatic rings. The predicted molar refractivity (Wildman–Crippen MR) is 143 cm³/mol. The molecule has 0 fully saturated rings. The SMILES string of the molecule is CCCCCc1ccc(C(F)(F)Oc2ccc(C#Cc3ccc(-c4cc(F)c(C(F)(F)F)c(F)c4)c(F)c3)c(F)c2)c(F)c1. The number of rotatable bonds is 8. The lowest BCUT2D eigenvalue weighted by Gasteiger charge is -2.19. The molecule has 0 aromatic heterocycles. The van der Waals surface area contributed by atoms with Crippen LogP contribution < -0.4 is 4.74 Å². The van der Waals surface area contributed by atoms with Gasteiger partial charge in [0.25, 0.3) is 0 Å². The molecule has 4 aromatic carbocycles. The van der Waals surface area contributed by atoms with Crippen molar-refractivity contribution in [1.29, 1.82) is 0 Å². The van der Waals surface area contributed by atoms with Gasteiger partial charge in [-0.1, -0.05) is 43.7 Å². The molecule has 11 heteroatoms. The fraction of sp³-hybridized carbons (Fsp3) is 0.212. The van der Waals surface area contributed by atoms with E-state index in [9.17, 15) is 43.9 Å². The molecule has 4 rings (SSSR count). The van der Waals surface area contributed by atoms with Crippen LogP contribution in [0, 0.1) is 40.9 Å². The van der Waals surface area contributed by atoms with Gasteiger partial charge < -0.3 is 4.74 Å². The first-order valence-electron chi connectivity index (χ1n) is 13.2. The van der Waals surface area contributed by atoms with Gasteiger partial charge in [0, 0.05) is 17.2 Å². The first-order chi connectivity index (χ1) is 20.7. The Kier molecular flexibility index (Phi) is 9.62. The number of hydrogen-bond acceptors (Lipinski definition) is 1. The van der Waals surface area contributed by atoms with Crippen LogP contribution in [0.4, 0.5) is 43.9 Å². The maximum atomic E-state index is 14.7. The molecule has 0 radical (unpaired) electrons. The van der Waals surface area contributed by atoms with E-state index in [0.717, 1.165) is 55.7 Å². The van der Waals surface area contributed by atoms with Crippen LogP contribution in [-0.2, 0) is 18.7 Å². The third kappa shape index (κ3) is 7.54. The topological polar surface area (TPSA) is 9.23 Å². The number of hydrogen-bond donors (Lipinski definition) is 0. The van der Waals surface area contributed by atoms with E-state index < -0.39 is 69.4 Å². The van der Waals surface area contributed by atoms with Gasteiger partial charge in [-0.25, -0.2) is 22.0 Å². The summed E-state index contributed by atoms with van der Waals surface area (Å²) in [5.41, 5.74) is -3.82. The van der Waals surface area contributed by atoms with Gasteiger partial charge in [0.05, 0.1) is 11.1 Å². The van der Waals surface area contributed by atoms with Gasteiger partial charge in [0.2, 0.25) is 0 Å². The maximum Gasteiger partial charge on any atom is 0.429 e. The quantitative estimate of drug-likeness (QED) is 0.108. The summed E-state index contributed by atoms with van der Waals surface area (Å²) in [6.45, 7) is 2.00. The van der Waals surface area contributed by atoms with Crippen molar-refractivity contribution in [1.82, 2.24) is 0 Å². The number of ether oxygens (including phenoxy) is 1. The molecule has 0 saturated heterocycles. The minimum Gasteiger partial charge on any atom is -0.429 e. The lowest BCUT2D eigenvalue weighted by Crippen LogP contribution is -2.23. The van der Waals surface area contributed by atoms with Gasteiger partial charge in [0.1, 0.15) is 40.4 Å². The number of alkyl halides is 5. The summed E-state index contributed by atoms with van der Waals surface area (Å²) in [5, 5.41) is 0. The standard InChI is InChI=1S/C33H22F10O/c1-2-3-4-5-19-8-13-25(28(36)15-19)33(42,43)44-23-11-10-21(26(34)18-23)9-6-20-7-12-24(27(35)14-20)22-16-29(37)31(30(38)17-22)32(39,40)41/h7-8,10-18H,2-5H2,1H3. The van der Waals surface area contributed by atoms with Crippen molar-refractivity contribution in [3.8, 4) is 28.7 Å². The summed E-state index contributed by atoms with van der Waals surface area (Å²) < 4.78 is 144. The highest BCUT2D eigenvalue weighted by Crippen LogP contribution is 2.37. The van der Waals surface area contributed by atoms with E-state index in [-0.39, 0.29) is 11.1 Å². The Morgan fingerprint density at radius 1 is 0.659 bits per heavy atom. The van der Waals surface area contributed by atoms with Crippen molar-refractivity contribution < 1.29 is 48.6 Å². The number of unbranched alkanes of at least 4 members (excludes halogenated alkanes) is 2. The summed E-state index contributed by atoms with van der Waals surface area (Å²) in [5.74, 6) is -2.97. The van der Waals surface area contributed by atoms with Crippen LogP contribution in [0.15, 0.2) is 66.7 Å². The van der Waals surface area contributed by atoms with E-state index in [4.69, 9.17) is 0 Å². The smallest absolute Gasteiger partial charge is 0.429 e. The van der Waals surface area contributed by atoms with E-state index in [1.54, 1.807) is 0 Å². The van der Waals surface area contributed by atoms with Crippen LogP contribution in [0.25, 0.3) is 11.1 Å². The zero-order chi connectivity index (χ0) is 32.2. The lowest BCUT2D eigenvalue weighted by molar-refractivity contribution is -0.187. The molecule has 0 aliphatic carbocycles. The Morgan fingerprint density at radius 3 is 1.95 bits per heavy atom. The van der Waals surface area contributed by atoms with Crippen molar-refractivity contribution in [2.75, 3.05) is 0 Å². The predicted octanol–water partition coefficient (Wildman–Crippen LogP) is 10.3. The molecule has 0 unspecified atom stereocenters. The molecular weight excluding hydrogens is 602 g/mol. The van der Waals surface area contributed by atoms with Gasteiger partial charge in [-0.2, -0.15) is 22.0 Å². The van der Waals surface area contributed by atoms with E-state index in [2.05, 4.69) is 16.6 Å². The molecule has 0 spiro atoms. The third-order valence-electron chi connectivity index (χ3n) is 6.55. The molecular formula is C33H22F10O. The van der Waals surface area contributed by atoms with Crippen LogP contribution in [0.5, 0.6) is 5.75 Å². The molecule has 0 aliphatic rings. The van der Waals surface area contributed by atoms with Crippen molar-refractivity contribution in [2.45, 2.75) is 44.9 Å². The monoisotopic (exact) mass is 624 g/mol. The second-order valence-electron chi connectivity index (χ2n) is 9.79. The number of benzene rings is 4. The molecule has 0 aliphatic heterocycles. The zero-order valence-corrected chi connectivity index (χ0v) is 22.9. The van der Waals surface area contributed by atoms with Gasteiger partial charge in [-0.05, 0) is 72.5 Å². The van der Waals surface area contributed by atoms with Crippen LogP contribution in [0.2, 0.25) is 0 Å². The van der Waals surface area contributed by atoms with Crippen LogP contribution in [0.1, 0.15) is 54.0 Å². The second-order valence-corrected chi connectivity index (χ2v) is 9.79. The normalized spacial score (nSPS) is 11.7. The molecule has 0 saturated carbocycles. The molecule has 0 bridgehead atoms. The highest BCUT2D eigenvalue weighted by Gasteiger charge is 2.39. The van der Waals surface area contributed by atoms with E-state index in [0.29, 0.717) is 30.2 Å². The van der Waals surface area contributed by atoms with Crippen LogP contribution in [0.3, 0.4) is 0 Å². The Morgan fingerprint density at radius 2 is 1.36 bits per heavy atom. The Bertz CT molecular complexity index is 1710. The summed E-state index contributed by atoms with van der Waals surface area (Å²) in [7, 11) is 0. The highest BCUT2D eigenvalue weighted by molar-refractivity contribution is 5.66. The average molecular weight is 625 g/mol. The molecule has 44 heavy (non-hydrogen) atoms. The minimum atomic E-state index is -5.29. The minimum absolute atomic E-state index is 0.0426. The highest BCUT2D eigenvalue weighted by atomic mass is 19.4. The van der Waals surface area contributed by atoms with Gasteiger partial charge in [-0.3, -0.25) is 0 Å². The first-order valence-corrected chi connectivity index (χ1v) is 13.2. The summed E-state index contributed by atoms with van der Waals surface area (Å²) in [6, 6.07) is 9.62. The summed E-state index contributed by atoms with van der Waals surface area (Å²) in [4.78, 5) is 0. The van der Waals surface area contributed by atoms with Crippen molar-refractivity contribution in [3.63, 3.8) is 0 Å². The lowest BCUT2D eigenvalue weighted by atomic mass is 10.0. The third-order valence-corrected chi connectivity index (χ3v) is 6.55. The summed E-state index contributed by atoms with van der Waals surface area (Å²) >= 11 is 0. The molecule has 230 valence electrons. The Labute approximate surface area is 246 Å². The van der Waals surface area contributed by atoms with Gasteiger partial charge in [0.15, 0.2) is 0 Å². The number of halogens is 10. The van der Waals surface area contributed by atoms with Gasteiger partial charge in [-0.15, -0.1) is 0 Å². The molecule has 0 amide bonds. The van der Waals surface area contributed by atoms with E-state index >= 15 is 0 Å². The Balaban J connectivity index is 1.50. The summed E-state index contributed by atoms with van der Waals surface area (Å²) in [6.07, 6.45) is -6.25. The molecule has 0 heterocycles.